The number of nitrogens with one attached hydrogen (secondary N) is 1. The van der Waals surface area contributed by atoms with Gasteiger partial charge in [0.2, 0.25) is 0 Å². The predicted molar refractivity (Wildman–Crippen MR) is 73.0 cm³/mol. The molecule has 0 aliphatic carbocycles. The van der Waals surface area contributed by atoms with Crippen molar-refractivity contribution in [2.24, 2.45) is 0 Å². The number of benzene rings is 1. The van der Waals surface area contributed by atoms with Gasteiger partial charge in [0.15, 0.2) is 6.10 Å². The molecule has 0 fully saturated rings. The van der Waals surface area contributed by atoms with Gasteiger partial charge >= 0.3 is 11.9 Å². The molecule has 0 aliphatic heterocycles. The first-order chi connectivity index (χ1) is 9.90. The van der Waals surface area contributed by atoms with Crippen LogP contribution in [0.15, 0.2) is 30.3 Å². The van der Waals surface area contributed by atoms with Gasteiger partial charge in [-0.25, -0.2) is 4.79 Å². The quantitative estimate of drug-likeness (QED) is 0.656. The van der Waals surface area contributed by atoms with Gasteiger partial charge in [-0.3, -0.25) is 9.59 Å². The molecule has 0 bridgehead atoms. The summed E-state index contributed by atoms with van der Waals surface area (Å²) in [4.78, 5) is 33.3. The standard InChI is InChI=1S/C14H17NO6/c1-9(21-10-5-3-2-4-6-10)13(18)15-11(14(19)20)7-8-12(16)17/h2-6,9,11H,7-8H2,1H3,(H,15,18)(H,16,17)(H,19,20)/t9?,11-/m0/s1. The second-order valence-electron chi connectivity index (χ2n) is 4.40. The fourth-order valence-electron chi connectivity index (χ4n) is 1.57. The maximum Gasteiger partial charge on any atom is 0.326 e. The molecule has 0 radical (unpaired) electrons. The van der Waals surface area contributed by atoms with Crippen molar-refractivity contribution in [1.29, 1.82) is 0 Å². The Morgan fingerprint density at radius 2 is 1.81 bits per heavy atom. The third kappa shape index (κ3) is 5.94. The molecule has 7 nitrogen and oxygen atoms in total. The van der Waals surface area contributed by atoms with Crippen molar-refractivity contribution >= 4 is 17.8 Å². The molecule has 7 heteroatoms. The van der Waals surface area contributed by atoms with Gasteiger partial charge in [0.05, 0.1) is 0 Å². The van der Waals surface area contributed by atoms with E-state index in [1.54, 1.807) is 30.3 Å². The smallest absolute Gasteiger partial charge is 0.326 e. The van der Waals surface area contributed by atoms with Crippen molar-refractivity contribution in [3.05, 3.63) is 30.3 Å². The number of hydrogen-bond acceptors (Lipinski definition) is 4. The molecular weight excluding hydrogens is 278 g/mol. The minimum atomic E-state index is -1.28. The van der Waals surface area contributed by atoms with Crippen LogP contribution in [-0.2, 0) is 14.4 Å². The van der Waals surface area contributed by atoms with E-state index < -0.39 is 30.0 Å². The van der Waals surface area contributed by atoms with Crippen LogP contribution in [0.4, 0.5) is 0 Å². The Bertz CT molecular complexity index is 501. The second kappa shape index (κ2) is 7.88. The third-order valence-electron chi connectivity index (χ3n) is 2.69. The van der Waals surface area contributed by atoms with Crippen LogP contribution in [0.3, 0.4) is 0 Å². The van der Waals surface area contributed by atoms with Crippen molar-refractivity contribution in [3.63, 3.8) is 0 Å². The summed E-state index contributed by atoms with van der Waals surface area (Å²) in [5.74, 6) is -2.53. The van der Waals surface area contributed by atoms with Crippen molar-refractivity contribution in [3.8, 4) is 5.75 Å². The number of carboxylic acid groups (broad SMARTS) is 2. The topological polar surface area (TPSA) is 113 Å². The Morgan fingerprint density at radius 3 is 2.33 bits per heavy atom. The molecule has 0 heterocycles. The summed E-state index contributed by atoms with van der Waals surface area (Å²) in [6.07, 6.45) is -1.42. The number of carbonyl (C=O) groups excluding carboxylic acids is 1. The highest BCUT2D eigenvalue weighted by Gasteiger charge is 2.24. The van der Waals surface area contributed by atoms with Gasteiger partial charge < -0.3 is 20.3 Å². The summed E-state index contributed by atoms with van der Waals surface area (Å²) >= 11 is 0. The number of rotatable bonds is 8. The Kier molecular flexibility index (Phi) is 6.19. The van der Waals surface area contributed by atoms with Gasteiger partial charge in [-0.05, 0) is 25.5 Å². The fourth-order valence-corrected chi connectivity index (χ4v) is 1.57. The molecule has 0 aromatic heterocycles. The lowest BCUT2D eigenvalue weighted by molar-refractivity contribution is -0.144. The summed E-state index contributed by atoms with van der Waals surface area (Å²) in [7, 11) is 0. The largest absolute Gasteiger partial charge is 0.481 e. The highest BCUT2D eigenvalue weighted by molar-refractivity contribution is 5.86. The molecule has 0 saturated heterocycles. The van der Waals surface area contributed by atoms with E-state index in [0.717, 1.165) is 0 Å². The zero-order valence-electron chi connectivity index (χ0n) is 11.5. The molecule has 0 saturated carbocycles. The zero-order chi connectivity index (χ0) is 15.8. The number of para-hydroxylation sites is 1. The first kappa shape index (κ1) is 16.5. The lowest BCUT2D eigenvalue weighted by Crippen LogP contribution is -2.46. The first-order valence-electron chi connectivity index (χ1n) is 6.37. The Balaban J connectivity index is 2.56. The number of carboxylic acids is 2. The molecule has 1 aromatic rings. The lowest BCUT2D eigenvalue weighted by Gasteiger charge is -2.18. The van der Waals surface area contributed by atoms with E-state index in [9.17, 15) is 14.4 Å². The Labute approximate surface area is 121 Å². The first-order valence-corrected chi connectivity index (χ1v) is 6.37. The Morgan fingerprint density at radius 1 is 1.19 bits per heavy atom. The molecular formula is C14H17NO6. The lowest BCUT2D eigenvalue weighted by atomic mass is 10.1. The van der Waals surface area contributed by atoms with Gasteiger partial charge in [-0.15, -0.1) is 0 Å². The minimum absolute atomic E-state index is 0.186. The monoisotopic (exact) mass is 295 g/mol. The van der Waals surface area contributed by atoms with Crippen LogP contribution in [0.2, 0.25) is 0 Å². The summed E-state index contributed by atoms with van der Waals surface area (Å²) in [5, 5.41) is 19.8. The molecule has 1 unspecified atom stereocenters. The molecule has 1 rings (SSSR count). The van der Waals surface area contributed by atoms with Gasteiger partial charge in [0, 0.05) is 6.42 Å². The van der Waals surface area contributed by atoms with Crippen LogP contribution in [0.1, 0.15) is 19.8 Å². The van der Waals surface area contributed by atoms with Gasteiger partial charge in [-0.1, -0.05) is 18.2 Å². The van der Waals surface area contributed by atoms with E-state index in [1.807, 2.05) is 0 Å². The number of aliphatic carboxylic acids is 2. The molecule has 1 aromatic carbocycles. The highest BCUT2D eigenvalue weighted by Crippen LogP contribution is 2.11. The molecule has 0 aliphatic rings. The van der Waals surface area contributed by atoms with Gasteiger partial charge in [0.1, 0.15) is 11.8 Å². The fraction of sp³-hybridized carbons (Fsp3) is 0.357. The number of amides is 1. The molecule has 0 spiro atoms. The summed E-state index contributed by atoms with van der Waals surface area (Å²) in [6.45, 7) is 1.48. The summed E-state index contributed by atoms with van der Waals surface area (Å²) in [6, 6.07) is 7.37. The van der Waals surface area contributed by atoms with Crippen LogP contribution in [0, 0.1) is 0 Å². The molecule has 2 atom stereocenters. The van der Waals surface area contributed by atoms with E-state index >= 15 is 0 Å². The van der Waals surface area contributed by atoms with Crippen molar-refractivity contribution in [2.75, 3.05) is 0 Å². The van der Waals surface area contributed by atoms with Crippen LogP contribution in [0.25, 0.3) is 0 Å². The zero-order valence-corrected chi connectivity index (χ0v) is 11.5. The summed E-state index contributed by atoms with van der Waals surface area (Å²) in [5.41, 5.74) is 0. The number of hydrogen-bond donors (Lipinski definition) is 3. The third-order valence-corrected chi connectivity index (χ3v) is 2.69. The van der Waals surface area contributed by atoms with Gasteiger partial charge in [0.25, 0.3) is 5.91 Å². The average Bonchev–Trinajstić information content (AvgIpc) is 2.43. The molecule has 21 heavy (non-hydrogen) atoms. The van der Waals surface area contributed by atoms with Crippen LogP contribution in [0.5, 0.6) is 5.75 Å². The maximum atomic E-state index is 11.9. The SMILES string of the molecule is CC(Oc1ccccc1)C(=O)N[C@@H](CCC(=O)O)C(=O)O. The molecule has 114 valence electrons. The van der Waals surface area contributed by atoms with Crippen LogP contribution < -0.4 is 10.1 Å². The van der Waals surface area contributed by atoms with Crippen molar-refractivity contribution in [2.45, 2.75) is 31.9 Å². The second-order valence-corrected chi connectivity index (χ2v) is 4.40. The van der Waals surface area contributed by atoms with E-state index in [4.69, 9.17) is 14.9 Å². The van der Waals surface area contributed by atoms with Crippen LogP contribution >= 0.6 is 0 Å². The average molecular weight is 295 g/mol. The maximum absolute atomic E-state index is 11.9. The molecule has 3 N–H and O–H groups in total. The van der Waals surface area contributed by atoms with E-state index in [2.05, 4.69) is 5.32 Å². The van der Waals surface area contributed by atoms with E-state index in [0.29, 0.717) is 5.75 Å². The van der Waals surface area contributed by atoms with Crippen molar-refractivity contribution < 1.29 is 29.3 Å². The summed E-state index contributed by atoms with van der Waals surface area (Å²) < 4.78 is 5.36. The number of carbonyl (C=O) groups is 3. The Hall–Kier alpha value is -2.57. The van der Waals surface area contributed by atoms with Crippen LogP contribution in [-0.4, -0.2) is 40.2 Å². The van der Waals surface area contributed by atoms with E-state index in [-0.39, 0.29) is 12.8 Å². The minimum Gasteiger partial charge on any atom is -0.481 e. The highest BCUT2D eigenvalue weighted by atomic mass is 16.5. The van der Waals surface area contributed by atoms with Gasteiger partial charge in [-0.2, -0.15) is 0 Å². The molecule has 1 amide bonds. The normalized spacial score (nSPS) is 13.0. The number of ether oxygens (including phenoxy) is 1. The van der Waals surface area contributed by atoms with Crippen molar-refractivity contribution in [1.82, 2.24) is 5.32 Å². The predicted octanol–water partition coefficient (Wildman–Crippen LogP) is 0.888. The van der Waals surface area contributed by atoms with E-state index in [1.165, 1.54) is 6.92 Å².